The van der Waals surface area contributed by atoms with E-state index in [1.165, 1.54) is 6.08 Å². The Labute approximate surface area is 92.5 Å². The Morgan fingerprint density at radius 1 is 1.27 bits per heavy atom. The zero-order valence-electron chi connectivity index (χ0n) is 10.3. The number of allylic oxidation sites excluding steroid dienone is 1. The molecule has 1 aliphatic heterocycles. The fraction of sp³-hybridized carbons (Fsp3) is 0.727. The molecule has 4 heteroatoms. The summed E-state index contributed by atoms with van der Waals surface area (Å²) in [6.45, 7) is 13.6. The molecule has 1 rings (SSSR count). The van der Waals surface area contributed by atoms with Crippen LogP contribution < -0.4 is 0 Å². The smallest absolute Gasteiger partial charge is 0.403 e. The van der Waals surface area contributed by atoms with Crippen molar-refractivity contribution < 1.29 is 9.31 Å². The first kappa shape index (κ1) is 12.5. The zero-order valence-corrected chi connectivity index (χ0v) is 10.3. The van der Waals surface area contributed by atoms with Gasteiger partial charge in [-0.2, -0.15) is 0 Å². The van der Waals surface area contributed by atoms with Gasteiger partial charge in [0.15, 0.2) is 0 Å². The number of rotatable bonds is 3. The van der Waals surface area contributed by atoms with Crippen LogP contribution in [0.5, 0.6) is 0 Å². The van der Waals surface area contributed by atoms with Crippen molar-refractivity contribution in [1.82, 2.24) is 0 Å². The lowest BCUT2D eigenvalue weighted by atomic mass is 9.70. The molecular formula is C11H20BNO2. The van der Waals surface area contributed by atoms with E-state index in [1.54, 1.807) is 0 Å². The van der Waals surface area contributed by atoms with Gasteiger partial charge in [-0.15, -0.1) is 0 Å². The van der Waals surface area contributed by atoms with Gasteiger partial charge in [-0.05, 0) is 33.8 Å². The van der Waals surface area contributed by atoms with Gasteiger partial charge in [0.1, 0.15) is 0 Å². The Morgan fingerprint density at radius 3 is 2.00 bits per heavy atom. The topological polar surface area (TPSA) is 42.3 Å². The van der Waals surface area contributed by atoms with Crippen LogP contribution in [-0.4, -0.2) is 24.0 Å². The molecule has 0 bridgehead atoms. The Hall–Kier alpha value is -0.605. The fourth-order valence-corrected chi connectivity index (χ4v) is 1.43. The van der Waals surface area contributed by atoms with Crippen molar-refractivity contribution >= 4 is 12.8 Å². The molecule has 1 fully saturated rings. The Morgan fingerprint density at radius 2 is 1.67 bits per heavy atom. The summed E-state index contributed by atoms with van der Waals surface area (Å²) in [6, 6.07) is 0. The van der Waals surface area contributed by atoms with E-state index >= 15 is 0 Å². The maximum Gasteiger partial charge on any atom is 0.467 e. The van der Waals surface area contributed by atoms with Crippen molar-refractivity contribution in [2.24, 2.45) is 0 Å². The highest BCUT2D eigenvalue weighted by molar-refractivity contribution is 6.53. The average molecular weight is 209 g/mol. The summed E-state index contributed by atoms with van der Waals surface area (Å²) < 4.78 is 11.7. The van der Waals surface area contributed by atoms with Crippen molar-refractivity contribution in [2.45, 2.75) is 51.6 Å². The van der Waals surface area contributed by atoms with Crippen molar-refractivity contribution in [3.63, 3.8) is 0 Å². The number of nitrogens with one attached hydrogen (secondary N) is 1. The molecule has 0 spiro atoms. The van der Waals surface area contributed by atoms with Crippen LogP contribution in [0.25, 0.3) is 0 Å². The summed E-state index contributed by atoms with van der Waals surface area (Å²) in [6.07, 6.45) is 1.54. The van der Waals surface area contributed by atoms with Crippen molar-refractivity contribution in [2.75, 3.05) is 0 Å². The highest BCUT2D eigenvalue weighted by atomic mass is 16.7. The van der Waals surface area contributed by atoms with Gasteiger partial charge < -0.3 is 14.7 Å². The second-order valence-electron chi connectivity index (χ2n) is 5.07. The van der Waals surface area contributed by atoms with Gasteiger partial charge in [0.25, 0.3) is 0 Å². The molecule has 84 valence electrons. The second-order valence-corrected chi connectivity index (χ2v) is 5.07. The highest BCUT2D eigenvalue weighted by Gasteiger charge is 2.53. The van der Waals surface area contributed by atoms with Crippen LogP contribution in [0.2, 0.25) is 5.82 Å². The molecule has 1 atom stereocenters. The van der Waals surface area contributed by atoms with E-state index in [2.05, 4.69) is 6.58 Å². The highest BCUT2D eigenvalue weighted by Crippen LogP contribution is 2.39. The van der Waals surface area contributed by atoms with Gasteiger partial charge in [0, 0.05) is 11.5 Å². The van der Waals surface area contributed by atoms with Gasteiger partial charge >= 0.3 is 7.12 Å². The molecule has 1 heterocycles. The summed E-state index contributed by atoms with van der Waals surface area (Å²) >= 11 is 0. The molecule has 1 N–H and O–H groups in total. The van der Waals surface area contributed by atoms with Crippen LogP contribution in [-0.2, 0) is 9.31 Å². The van der Waals surface area contributed by atoms with Crippen molar-refractivity contribution in [3.05, 3.63) is 12.7 Å². The molecule has 0 amide bonds. The standard InChI is InChI=1S/C11H20BNO2/c1-7-9(13)8(2)12-14-10(3,4)11(5,6)15-12/h7-8,13H,1H2,2-6H3. The molecule has 1 saturated heterocycles. The van der Waals surface area contributed by atoms with Crippen LogP contribution in [0.3, 0.4) is 0 Å². The lowest BCUT2D eigenvalue weighted by Gasteiger charge is -2.32. The molecule has 3 nitrogen and oxygen atoms in total. The third-order valence-electron chi connectivity index (χ3n) is 3.39. The van der Waals surface area contributed by atoms with Crippen LogP contribution in [0, 0.1) is 5.41 Å². The van der Waals surface area contributed by atoms with Crippen molar-refractivity contribution in [1.29, 1.82) is 5.41 Å². The first-order chi connectivity index (χ1) is 6.71. The molecule has 0 aromatic carbocycles. The van der Waals surface area contributed by atoms with Gasteiger partial charge in [-0.25, -0.2) is 0 Å². The van der Waals surface area contributed by atoms with Gasteiger partial charge in [-0.3, -0.25) is 0 Å². The van der Waals surface area contributed by atoms with E-state index in [9.17, 15) is 0 Å². The lowest BCUT2D eigenvalue weighted by molar-refractivity contribution is 0.00578. The van der Waals surface area contributed by atoms with Crippen LogP contribution in [0.4, 0.5) is 0 Å². The van der Waals surface area contributed by atoms with Crippen molar-refractivity contribution in [3.8, 4) is 0 Å². The molecule has 0 aliphatic carbocycles. The van der Waals surface area contributed by atoms with E-state index in [1.807, 2.05) is 34.6 Å². The van der Waals surface area contributed by atoms with Crippen LogP contribution in [0.15, 0.2) is 12.7 Å². The van der Waals surface area contributed by atoms with E-state index in [0.717, 1.165) is 0 Å². The Balaban J connectivity index is 2.79. The minimum atomic E-state index is -0.347. The third kappa shape index (κ3) is 2.16. The van der Waals surface area contributed by atoms with Crippen LogP contribution in [0.1, 0.15) is 34.6 Å². The summed E-state index contributed by atoms with van der Waals surface area (Å²) in [5, 5.41) is 7.69. The van der Waals surface area contributed by atoms with Gasteiger partial charge in [-0.1, -0.05) is 13.5 Å². The Bertz CT molecular complexity index is 270. The monoisotopic (exact) mass is 209 g/mol. The minimum Gasteiger partial charge on any atom is -0.403 e. The van der Waals surface area contributed by atoms with E-state index in [-0.39, 0.29) is 24.1 Å². The average Bonchev–Trinajstić information content (AvgIpc) is 2.33. The molecule has 0 radical (unpaired) electrons. The Kier molecular flexibility index (Phi) is 3.12. The van der Waals surface area contributed by atoms with E-state index < -0.39 is 0 Å². The first-order valence-corrected chi connectivity index (χ1v) is 5.28. The lowest BCUT2D eigenvalue weighted by Crippen LogP contribution is -2.41. The van der Waals surface area contributed by atoms with E-state index in [0.29, 0.717) is 5.71 Å². The maximum atomic E-state index is 7.69. The van der Waals surface area contributed by atoms with Gasteiger partial charge in [0.05, 0.1) is 11.2 Å². The second kappa shape index (κ2) is 3.76. The SMILES string of the molecule is C=CC(=N)C(C)B1OC(C)(C)C(C)(C)O1. The molecule has 1 unspecified atom stereocenters. The zero-order chi connectivity index (χ0) is 11.9. The molecule has 0 saturated carbocycles. The van der Waals surface area contributed by atoms with E-state index in [4.69, 9.17) is 14.7 Å². The van der Waals surface area contributed by atoms with Gasteiger partial charge in [0.2, 0.25) is 0 Å². The largest absolute Gasteiger partial charge is 0.467 e. The predicted octanol–water partition coefficient (Wildman–Crippen LogP) is 2.67. The molecule has 0 aromatic heterocycles. The number of hydrogen-bond acceptors (Lipinski definition) is 3. The molecular weight excluding hydrogens is 189 g/mol. The first-order valence-electron chi connectivity index (χ1n) is 5.28. The summed E-state index contributed by atoms with van der Waals surface area (Å²) in [7, 11) is -0.347. The predicted molar refractivity (Wildman–Crippen MR) is 63.4 cm³/mol. The number of hydrogen-bond donors (Lipinski definition) is 1. The summed E-state index contributed by atoms with van der Waals surface area (Å²) in [5.74, 6) is -0.0800. The molecule has 15 heavy (non-hydrogen) atoms. The normalized spacial score (nSPS) is 25.0. The summed E-state index contributed by atoms with van der Waals surface area (Å²) in [4.78, 5) is 0. The minimum absolute atomic E-state index is 0.0800. The summed E-state index contributed by atoms with van der Waals surface area (Å²) in [5.41, 5.74) is -0.200. The quantitative estimate of drug-likeness (QED) is 0.573. The maximum absolute atomic E-state index is 7.69. The third-order valence-corrected chi connectivity index (χ3v) is 3.39. The molecule has 0 aromatic rings. The fourth-order valence-electron chi connectivity index (χ4n) is 1.43. The molecule has 1 aliphatic rings. The van der Waals surface area contributed by atoms with Crippen LogP contribution >= 0.6 is 0 Å².